The van der Waals surface area contributed by atoms with Crippen molar-refractivity contribution >= 4 is 51.2 Å². The Kier molecular flexibility index (Phi) is 6.94. The Hall–Kier alpha value is -2.85. The van der Waals surface area contributed by atoms with E-state index in [-0.39, 0.29) is 23.7 Å². The molecule has 0 aliphatic heterocycles. The zero-order valence-electron chi connectivity index (χ0n) is 18.4. The maximum atomic E-state index is 12.1. The van der Waals surface area contributed by atoms with Crippen molar-refractivity contribution in [1.29, 1.82) is 0 Å². The van der Waals surface area contributed by atoms with Crippen LogP contribution in [0.3, 0.4) is 0 Å². The number of carbonyl (C=O) groups is 2. The van der Waals surface area contributed by atoms with E-state index in [2.05, 4.69) is 15.3 Å². The summed E-state index contributed by atoms with van der Waals surface area (Å²) in [6.07, 6.45) is 0.298. The third kappa shape index (κ3) is 5.68. The van der Waals surface area contributed by atoms with Crippen molar-refractivity contribution in [3.8, 4) is 0 Å². The largest absolute Gasteiger partial charge is 0.467 e. The van der Waals surface area contributed by atoms with Gasteiger partial charge in [0.05, 0.1) is 23.0 Å². The number of nitrogens with zero attached hydrogens (tertiary/aromatic N) is 3. The minimum Gasteiger partial charge on any atom is -0.467 e. The summed E-state index contributed by atoms with van der Waals surface area (Å²) in [6.45, 7) is 9.14. The number of furan rings is 1. The van der Waals surface area contributed by atoms with E-state index in [1.807, 2.05) is 13.8 Å². The lowest BCUT2D eigenvalue weighted by Gasteiger charge is -2.21. The summed E-state index contributed by atoms with van der Waals surface area (Å²) < 4.78 is 11.2. The lowest BCUT2D eigenvalue weighted by Crippen LogP contribution is -2.38. The van der Waals surface area contributed by atoms with Gasteiger partial charge in [-0.3, -0.25) is 4.90 Å². The molecular weight excluding hydrogens is 456 g/mol. The van der Waals surface area contributed by atoms with Crippen LogP contribution in [0.4, 0.5) is 15.4 Å². The summed E-state index contributed by atoms with van der Waals surface area (Å²) in [5, 5.41) is 12.6. The van der Waals surface area contributed by atoms with E-state index in [4.69, 9.17) is 20.8 Å². The number of ether oxygens (including phenoxy) is 1. The fourth-order valence-corrected chi connectivity index (χ4v) is 4.64. The van der Waals surface area contributed by atoms with Crippen molar-refractivity contribution in [2.75, 3.05) is 4.90 Å². The maximum Gasteiger partial charge on any atom is 0.413 e. The van der Waals surface area contributed by atoms with Crippen molar-refractivity contribution in [3.63, 3.8) is 0 Å². The topological polar surface area (TPSA) is 118 Å². The number of carbonyl (C=O) groups excluding carboxylic acids is 1. The molecular formula is C21H25ClN4O5S. The minimum atomic E-state index is -1.19. The SMILES string of the molecule is Cc1c(CC(C)NC(=O)OC(C)(C)C)sc2c(N(Cc3ccco3)C(=O)O)nc(Cl)nc12. The normalized spacial score (nSPS) is 12.6. The van der Waals surface area contributed by atoms with Crippen molar-refractivity contribution in [2.45, 2.75) is 59.2 Å². The number of amides is 2. The molecule has 11 heteroatoms. The fraction of sp³-hybridized carbons (Fsp3) is 0.429. The van der Waals surface area contributed by atoms with Gasteiger partial charge in [0.1, 0.15) is 11.4 Å². The second-order valence-electron chi connectivity index (χ2n) is 8.34. The standard InChI is InChI=1S/C21H25ClN4O5S/c1-11(23-19(27)31-21(3,4)5)9-14-12(2)15-16(32-14)17(25-18(22)24-15)26(20(28)29)10-13-7-6-8-30-13/h6-8,11H,9-10H2,1-5H3,(H,23,27)(H,28,29). The van der Waals surface area contributed by atoms with Crippen molar-refractivity contribution in [1.82, 2.24) is 15.3 Å². The van der Waals surface area contributed by atoms with Crippen LogP contribution in [0.15, 0.2) is 22.8 Å². The van der Waals surface area contributed by atoms with Gasteiger partial charge in [0.25, 0.3) is 0 Å². The summed E-state index contributed by atoms with van der Waals surface area (Å²) in [6, 6.07) is 3.15. The van der Waals surface area contributed by atoms with Gasteiger partial charge in [-0.1, -0.05) is 0 Å². The number of aryl methyl sites for hydroxylation is 1. The quantitative estimate of drug-likeness (QED) is 0.454. The molecule has 3 aromatic heterocycles. The van der Waals surface area contributed by atoms with E-state index in [0.29, 0.717) is 22.4 Å². The minimum absolute atomic E-state index is 0.0202. The number of halogens is 1. The monoisotopic (exact) mass is 480 g/mol. The van der Waals surface area contributed by atoms with Crippen molar-refractivity contribution in [3.05, 3.63) is 39.9 Å². The molecule has 0 radical (unpaired) electrons. The number of nitrogens with one attached hydrogen (secondary N) is 1. The fourth-order valence-electron chi connectivity index (χ4n) is 3.10. The zero-order chi connectivity index (χ0) is 23.6. The highest BCUT2D eigenvalue weighted by Crippen LogP contribution is 2.37. The molecule has 2 N–H and O–H groups in total. The van der Waals surface area contributed by atoms with Crippen LogP contribution >= 0.6 is 22.9 Å². The van der Waals surface area contributed by atoms with Gasteiger partial charge in [-0.25, -0.2) is 14.6 Å². The van der Waals surface area contributed by atoms with Gasteiger partial charge in [0.2, 0.25) is 5.28 Å². The number of aromatic nitrogens is 2. The summed E-state index contributed by atoms with van der Waals surface area (Å²) in [7, 11) is 0. The van der Waals surface area contributed by atoms with Gasteiger partial charge in [-0.15, -0.1) is 11.3 Å². The number of hydrogen-bond donors (Lipinski definition) is 2. The molecule has 32 heavy (non-hydrogen) atoms. The number of alkyl carbamates (subject to hydrolysis) is 1. The average Bonchev–Trinajstić information content (AvgIpc) is 3.26. The molecule has 172 valence electrons. The lowest BCUT2D eigenvalue weighted by atomic mass is 10.1. The highest BCUT2D eigenvalue weighted by Gasteiger charge is 2.26. The molecule has 0 bridgehead atoms. The van der Waals surface area contributed by atoms with Gasteiger partial charge >= 0.3 is 12.2 Å². The average molecular weight is 481 g/mol. The van der Waals surface area contributed by atoms with Crippen LogP contribution in [0, 0.1) is 6.92 Å². The van der Waals surface area contributed by atoms with Gasteiger partial charge < -0.3 is 19.6 Å². The summed E-state index contributed by atoms with van der Waals surface area (Å²) in [5.41, 5.74) is 0.847. The van der Waals surface area contributed by atoms with Gasteiger partial charge in [-0.05, 0) is 63.9 Å². The predicted octanol–water partition coefficient (Wildman–Crippen LogP) is 5.39. The molecule has 0 saturated heterocycles. The third-order valence-corrected chi connectivity index (χ3v) is 5.92. The zero-order valence-corrected chi connectivity index (χ0v) is 20.0. The summed E-state index contributed by atoms with van der Waals surface area (Å²) in [4.78, 5) is 34.6. The van der Waals surface area contributed by atoms with Crippen molar-refractivity contribution in [2.24, 2.45) is 0 Å². The van der Waals surface area contributed by atoms with E-state index in [1.165, 1.54) is 17.6 Å². The van der Waals surface area contributed by atoms with Crippen LogP contribution in [0.2, 0.25) is 5.28 Å². The number of rotatable bonds is 6. The Morgan fingerprint density at radius 3 is 2.69 bits per heavy atom. The maximum absolute atomic E-state index is 12.1. The second kappa shape index (κ2) is 9.33. The number of hydrogen-bond acceptors (Lipinski definition) is 7. The molecule has 0 aliphatic rings. The molecule has 9 nitrogen and oxygen atoms in total. The first kappa shape index (κ1) is 23.8. The van der Waals surface area contributed by atoms with Crippen LogP contribution in [-0.4, -0.2) is 38.9 Å². The third-order valence-electron chi connectivity index (χ3n) is 4.45. The number of fused-ring (bicyclic) bond motifs is 1. The van der Waals surface area contributed by atoms with Gasteiger partial charge in [0, 0.05) is 17.3 Å². The van der Waals surface area contributed by atoms with Crippen LogP contribution < -0.4 is 10.2 Å². The number of carboxylic acid groups (broad SMARTS) is 1. The summed E-state index contributed by atoms with van der Waals surface area (Å²) in [5.74, 6) is 0.662. The van der Waals surface area contributed by atoms with Crippen LogP contribution in [0.25, 0.3) is 10.2 Å². The first-order chi connectivity index (χ1) is 14.9. The molecule has 3 rings (SSSR count). The molecule has 1 unspecified atom stereocenters. The van der Waals surface area contributed by atoms with Crippen LogP contribution in [-0.2, 0) is 17.7 Å². The first-order valence-electron chi connectivity index (χ1n) is 9.92. The predicted molar refractivity (Wildman–Crippen MR) is 123 cm³/mol. The smallest absolute Gasteiger partial charge is 0.413 e. The summed E-state index contributed by atoms with van der Waals surface area (Å²) >= 11 is 7.51. The van der Waals surface area contributed by atoms with E-state index in [0.717, 1.165) is 15.3 Å². The van der Waals surface area contributed by atoms with Gasteiger partial charge in [0.15, 0.2) is 5.82 Å². The van der Waals surface area contributed by atoms with Crippen LogP contribution in [0.1, 0.15) is 43.9 Å². The van der Waals surface area contributed by atoms with E-state index in [9.17, 15) is 14.7 Å². The molecule has 0 spiro atoms. The Morgan fingerprint density at radius 2 is 2.09 bits per heavy atom. The molecule has 3 heterocycles. The van der Waals surface area contributed by atoms with E-state index < -0.39 is 17.8 Å². The van der Waals surface area contributed by atoms with Crippen LogP contribution in [0.5, 0.6) is 0 Å². The number of anilines is 1. The second-order valence-corrected chi connectivity index (χ2v) is 9.79. The molecule has 3 aromatic rings. The molecule has 0 fully saturated rings. The molecule has 0 aromatic carbocycles. The molecule has 0 aliphatic carbocycles. The Morgan fingerprint density at radius 1 is 1.38 bits per heavy atom. The molecule has 2 amide bonds. The first-order valence-corrected chi connectivity index (χ1v) is 11.1. The van der Waals surface area contributed by atoms with Crippen molar-refractivity contribution < 1.29 is 23.8 Å². The van der Waals surface area contributed by atoms with Gasteiger partial charge in [-0.2, -0.15) is 4.98 Å². The number of thiophene rings is 1. The molecule has 0 saturated carbocycles. The van der Waals surface area contributed by atoms with E-state index >= 15 is 0 Å². The Labute approximate surface area is 194 Å². The van der Waals surface area contributed by atoms with E-state index in [1.54, 1.807) is 32.9 Å². The lowest BCUT2D eigenvalue weighted by molar-refractivity contribution is 0.0508. The Balaban J connectivity index is 1.91. The highest BCUT2D eigenvalue weighted by atomic mass is 35.5. The highest BCUT2D eigenvalue weighted by molar-refractivity contribution is 7.19. The molecule has 1 atom stereocenters. The Bertz CT molecular complexity index is 1120.